The molecule has 2 heterocycles. The van der Waals surface area contributed by atoms with E-state index >= 15 is 0 Å². The van der Waals surface area contributed by atoms with Gasteiger partial charge in [0.25, 0.3) is 5.91 Å². The lowest BCUT2D eigenvalue weighted by molar-refractivity contribution is 0.100. The van der Waals surface area contributed by atoms with Crippen molar-refractivity contribution >= 4 is 37.8 Å². The fourth-order valence-corrected chi connectivity index (χ4v) is 4.85. The molecule has 2 rings (SSSR count). The number of nitrogen functional groups attached to an aromatic ring is 1. The summed E-state index contributed by atoms with van der Waals surface area (Å²) in [6.45, 7) is 1.03. The minimum Gasteiger partial charge on any atom is -0.396 e. The third-order valence-corrected chi connectivity index (χ3v) is 5.79. The molecule has 20 heavy (non-hydrogen) atoms. The lowest BCUT2D eigenvalue weighted by atomic mass is 10.1. The van der Waals surface area contributed by atoms with Crippen molar-refractivity contribution in [2.75, 3.05) is 30.0 Å². The number of carbonyl (C=O) groups is 1. The molecule has 1 aromatic rings. The van der Waals surface area contributed by atoms with Crippen LogP contribution >= 0.6 is 11.3 Å². The SMILES string of the molecule is CS(=O)(=O)c1c(N2CCC(O)CC2)sc(C(N)=O)c1N. The number of hydrogen-bond acceptors (Lipinski definition) is 7. The molecule has 0 aliphatic carbocycles. The molecule has 5 N–H and O–H groups in total. The second-order valence-electron chi connectivity index (χ2n) is 4.83. The number of nitrogens with zero attached hydrogens (tertiary/aromatic N) is 1. The number of sulfone groups is 1. The maximum absolute atomic E-state index is 11.9. The lowest BCUT2D eigenvalue weighted by Crippen LogP contribution is -2.35. The summed E-state index contributed by atoms with van der Waals surface area (Å²) in [5.74, 6) is -0.735. The van der Waals surface area contributed by atoms with E-state index in [2.05, 4.69) is 0 Å². The van der Waals surface area contributed by atoms with Crippen molar-refractivity contribution in [2.45, 2.75) is 23.8 Å². The van der Waals surface area contributed by atoms with Crippen molar-refractivity contribution in [1.29, 1.82) is 0 Å². The number of rotatable bonds is 3. The van der Waals surface area contributed by atoms with Crippen LogP contribution in [0.5, 0.6) is 0 Å². The van der Waals surface area contributed by atoms with Gasteiger partial charge in [0.2, 0.25) is 0 Å². The number of anilines is 2. The molecule has 0 unspecified atom stereocenters. The molecule has 0 radical (unpaired) electrons. The van der Waals surface area contributed by atoms with Gasteiger partial charge in [-0.3, -0.25) is 4.79 Å². The molecule has 112 valence electrons. The Labute approximate surface area is 121 Å². The van der Waals surface area contributed by atoms with Crippen LogP contribution in [0.25, 0.3) is 0 Å². The van der Waals surface area contributed by atoms with Crippen LogP contribution in [-0.4, -0.2) is 44.9 Å². The number of aliphatic hydroxyl groups excluding tert-OH is 1. The van der Waals surface area contributed by atoms with Crippen LogP contribution < -0.4 is 16.4 Å². The highest BCUT2D eigenvalue weighted by molar-refractivity contribution is 7.91. The first-order valence-corrected chi connectivity index (χ1v) is 8.77. The Hall–Kier alpha value is -1.32. The minimum atomic E-state index is -3.57. The van der Waals surface area contributed by atoms with Gasteiger partial charge < -0.3 is 21.5 Å². The van der Waals surface area contributed by atoms with Gasteiger partial charge in [-0.25, -0.2) is 8.42 Å². The molecule has 1 aliphatic heterocycles. The normalized spacial score (nSPS) is 17.4. The number of carbonyl (C=O) groups excluding carboxylic acids is 1. The molecule has 0 aromatic carbocycles. The number of amides is 1. The molecular weight excluding hydrogens is 302 g/mol. The fourth-order valence-electron chi connectivity index (χ4n) is 2.23. The van der Waals surface area contributed by atoms with Crippen molar-refractivity contribution in [1.82, 2.24) is 0 Å². The highest BCUT2D eigenvalue weighted by Crippen LogP contribution is 2.42. The van der Waals surface area contributed by atoms with Gasteiger partial charge in [0.05, 0.1) is 11.8 Å². The van der Waals surface area contributed by atoms with E-state index in [4.69, 9.17) is 11.5 Å². The molecule has 7 nitrogen and oxygen atoms in total. The zero-order chi connectivity index (χ0) is 15.1. The molecule has 1 saturated heterocycles. The molecule has 0 atom stereocenters. The highest BCUT2D eigenvalue weighted by Gasteiger charge is 2.30. The van der Waals surface area contributed by atoms with E-state index in [-0.39, 0.29) is 21.6 Å². The zero-order valence-corrected chi connectivity index (χ0v) is 12.6. The van der Waals surface area contributed by atoms with Gasteiger partial charge in [-0.2, -0.15) is 0 Å². The van der Waals surface area contributed by atoms with Gasteiger partial charge in [0.1, 0.15) is 14.8 Å². The largest absolute Gasteiger partial charge is 0.396 e. The van der Waals surface area contributed by atoms with E-state index in [1.165, 1.54) is 0 Å². The zero-order valence-electron chi connectivity index (χ0n) is 11.0. The standard InChI is InChI=1S/C11H17N3O4S2/c1-20(17,18)9-7(12)8(10(13)16)19-11(9)14-4-2-6(15)3-5-14/h6,15H,2-5,12H2,1H3,(H2,13,16). The number of piperidine rings is 1. The maximum atomic E-state index is 11.9. The van der Waals surface area contributed by atoms with Crippen molar-refractivity contribution in [3.63, 3.8) is 0 Å². The Kier molecular flexibility index (Phi) is 3.94. The average Bonchev–Trinajstić information content (AvgIpc) is 2.67. The summed E-state index contributed by atoms with van der Waals surface area (Å²) in [6.07, 6.45) is 1.78. The van der Waals surface area contributed by atoms with Crippen LogP contribution in [-0.2, 0) is 9.84 Å². The lowest BCUT2D eigenvalue weighted by Gasteiger charge is -2.30. The minimum absolute atomic E-state index is 0.0345. The van der Waals surface area contributed by atoms with E-state index < -0.39 is 15.7 Å². The van der Waals surface area contributed by atoms with Crippen LogP contribution in [0.1, 0.15) is 22.5 Å². The van der Waals surface area contributed by atoms with Crippen molar-refractivity contribution < 1.29 is 18.3 Å². The Morgan fingerprint density at radius 2 is 1.95 bits per heavy atom. The molecule has 9 heteroatoms. The van der Waals surface area contributed by atoms with Gasteiger partial charge in [-0.1, -0.05) is 0 Å². The van der Waals surface area contributed by atoms with Crippen molar-refractivity contribution in [3.05, 3.63) is 4.88 Å². The van der Waals surface area contributed by atoms with Gasteiger partial charge in [0, 0.05) is 19.3 Å². The number of primary amides is 1. The number of aliphatic hydroxyl groups is 1. The predicted octanol–water partition coefficient (Wildman–Crippen LogP) is -0.206. The maximum Gasteiger partial charge on any atom is 0.261 e. The molecule has 1 amide bonds. The monoisotopic (exact) mass is 319 g/mol. The second-order valence-corrected chi connectivity index (χ2v) is 7.79. The summed E-state index contributed by atoms with van der Waals surface area (Å²) in [7, 11) is -3.57. The van der Waals surface area contributed by atoms with Crippen LogP contribution in [0, 0.1) is 0 Å². The molecule has 1 aliphatic rings. The Balaban J connectivity index is 2.52. The van der Waals surface area contributed by atoms with E-state index in [0.29, 0.717) is 30.9 Å². The third-order valence-electron chi connectivity index (χ3n) is 3.23. The quantitative estimate of drug-likeness (QED) is 0.708. The molecule has 1 aromatic heterocycles. The molecule has 0 saturated carbocycles. The highest BCUT2D eigenvalue weighted by atomic mass is 32.2. The van der Waals surface area contributed by atoms with Crippen molar-refractivity contribution in [2.24, 2.45) is 5.73 Å². The molecule has 0 bridgehead atoms. The Morgan fingerprint density at radius 1 is 1.40 bits per heavy atom. The average molecular weight is 319 g/mol. The predicted molar refractivity (Wildman–Crippen MR) is 77.8 cm³/mol. The van der Waals surface area contributed by atoms with Gasteiger partial charge >= 0.3 is 0 Å². The van der Waals surface area contributed by atoms with Crippen LogP contribution in [0.2, 0.25) is 0 Å². The molecule has 0 spiro atoms. The van der Waals surface area contributed by atoms with Gasteiger partial charge in [-0.15, -0.1) is 11.3 Å². The number of nitrogens with two attached hydrogens (primary N) is 2. The van der Waals surface area contributed by atoms with E-state index in [9.17, 15) is 18.3 Å². The van der Waals surface area contributed by atoms with E-state index in [0.717, 1.165) is 17.6 Å². The van der Waals surface area contributed by atoms with E-state index in [1.807, 2.05) is 4.90 Å². The van der Waals surface area contributed by atoms with Crippen LogP contribution in [0.15, 0.2) is 4.90 Å². The smallest absolute Gasteiger partial charge is 0.261 e. The fraction of sp³-hybridized carbons (Fsp3) is 0.545. The summed E-state index contributed by atoms with van der Waals surface area (Å²) in [6, 6.07) is 0. The van der Waals surface area contributed by atoms with Gasteiger partial charge in [-0.05, 0) is 12.8 Å². The summed E-state index contributed by atoms with van der Waals surface area (Å²) >= 11 is 0.994. The second kappa shape index (κ2) is 5.23. The third kappa shape index (κ3) is 2.74. The first-order chi connectivity index (χ1) is 9.21. The summed E-state index contributed by atoms with van der Waals surface area (Å²) in [5, 5.41) is 9.95. The molecule has 1 fully saturated rings. The topological polar surface area (TPSA) is 127 Å². The van der Waals surface area contributed by atoms with Gasteiger partial charge in [0.15, 0.2) is 9.84 Å². The Bertz CT molecular complexity index is 630. The first-order valence-electron chi connectivity index (χ1n) is 6.07. The molecular formula is C11H17N3O4S2. The van der Waals surface area contributed by atoms with Crippen LogP contribution in [0.4, 0.5) is 10.7 Å². The van der Waals surface area contributed by atoms with Crippen LogP contribution in [0.3, 0.4) is 0 Å². The van der Waals surface area contributed by atoms with E-state index in [1.54, 1.807) is 0 Å². The van der Waals surface area contributed by atoms with Crippen molar-refractivity contribution in [3.8, 4) is 0 Å². The summed E-state index contributed by atoms with van der Waals surface area (Å²) < 4.78 is 23.8. The Morgan fingerprint density at radius 3 is 2.40 bits per heavy atom. The number of hydrogen-bond donors (Lipinski definition) is 3. The number of thiophene rings is 1. The first kappa shape index (κ1) is 15.1. The summed E-state index contributed by atoms with van der Waals surface area (Å²) in [4.78, 5) is 13.2. The summed E-state index contributed by atoms with van der Waals surface area (Å²) in [5.41, 5.74) is 10.9.